The number of anilines is 1. The van der Waals surface area contributed by atoms with Gasteiger partial charge in [0.15, 0.2) is 0 Å². The number of imidazole rings is 1. The fraction of sp³-hybridized carbons (Fsp3) is 0.409. The minimum atomic E-state index is -3.18. The largest absolute Gasteiger partial charge is 0.495 e. The maximum atomic E-state index is 11.8. The zero-order valence-electron chi connectivity index (χ0n) is 18.1. The third-order valence-electron chi connectivity index (χ3n) is 5.85. The Morgan fingerprint density at radius 1 is 1.28 bits per heavy atom. The number of nitrogens with one attached hydrogen (secondary N) is 1. The van der Waals surface area contributed by atoms with Crippen LogP contribution in [-0.4, -0.2) is 54.9 Å². The average molecular weight is 479 g/mol. The number of hydrogen-bond donors (Lipinski definition) is 2. The first-order valence-corrected chi connectivity index (χ1v) is 12.6. The third-order valence-corrected chi connectivity index (χ3v) is 7.60. The summed E-state index contributed by atoms with van der Waals surface area (Å²) in [4.78, 5) is 7.00. The van der Waals surface area contributed by atoms with Crippen LogP contribution in [0.2, 0.25) is 5.02 Å². The predicted molar refractivity (Wildman–Crippen MR) is 126 cm³/mol. The molecule has 1 aromatic carbocycles. The predicted octanol–water partition coefficient (Wildman–Crippen LogP) is 3.06. The van der Waals surface area contributed by atoms with Gasteiger partial charge >= 0.3 is 0 Å². The molecule has 0 unspecified atom stereocenters. The number of pyridine rings is 1. The van der Waals surface area contributed by atoms with E-state index in [1.807, 2.05) is 28.9 Å². The van der Waals surface area contributed by atoms with Crippen LogP contribution in [0.3, 0.4) is 0 Å². The highest BCUT2D eigenvalue weighted by Crippen LogP contribution is 2.34. The molecule has 32 heavy (non-hydrogen) atoms. The molecule has 1 fully saturated rings. The lowest BCUT2D eigenvalue weighted by molar-refractivity contribution is 0.281. The molecule has 10 heteroatoms. The van der Waals surface area contributed by atoms with Gasteiger partial charge in [0.05, 0.1) is 30.2 Å². The molecule has 2 aromatic heterocycles. The number of benzene rings is 1. The van der Waals surface area contributed by atoms with Crippen LogP contribution in [0.25, 0.3) is 16.9 Å². The fourth-order valence-corrected chi connectivity index (χ4v) is 5.16. The Morgan fingerprint density at radius 3 is 2.69 bits per heavy atom. The standard InChI is InChI=1S/C22H27ClN4O4S/c1-3-32(29,30)25-16-4-7-26(8-5-16)17-6-9-27-13-20(24-22(27)11-17)18-12-19(23)21(31-2)10-15(18)14-28/h6,9-13,16,25,28H,3-5,7-8,14H2,1-2H3. The van der Waals surface area contributed by atoms with Gasteiger partial charge in [0.2, 0.25) is 10.0 Å². The van der Waals surface area contributed by atoms with Gasteiger partial charge in [-0.25, -0.2) is 18.1 Å². The number of aliphatic hydroxyl groups is 1. The highest BCUT2D eigenvalue weighted by molar-refractivity contribution is 7.89. The number of ether oxygens (including phenoxy) is 1. The Kier molecular flexibility index (Phi) is 6.62. The summed E-state index contributed by atoms with van der Waals surface area (Å²) in [5, 5.41) is 10.3. The van der Waals surface area contributed by atoms with Gasteiger partial charge in [0, 0.05) is 48.8 Å². The molecule has 0 spiro atoms. The molecule has 3 aromatic rings. The van der Waals surface area contributed by atoms with Crippen molar-refractivity contribution in [2.24, 2.45) is 0 Å². The quantitative estimate of drug-likeness (QED) is 0.541. The van der Waals surface area contributed by atoms with Crippen LogP contribution >= 0.6 is 11.6 Å². The Labute approximate surface area is 192 Å². The van der Waals surface area contributed by atoms with E-state index in [2.05, 4.69) is 9.62 Å². The van der Waals surface area contributed by atoms with Gasteiger partial charge in [-0.05, 0) is 43.5 Å². The monoisotopic (exact) mass is 478 g/mol. The lowest BCUT2D eigenvalue weighted by Crippen LogP contribution is -2.45. The molecule has 172 valence electrons. The number of methoxy groups -OCH3 is 1. The van der Waals surface area contributed by atoms with Crippen molar-refractivity contribution in [2.75, 3.05) is 30.9 Å². The molecule has 1 aliphatic heterocycles. The zero-order chi connectivity index (χ0) is 22.9. The normalized spacial score (nSPS) is 15.4. The molecular formula is C22H27ClN4O4S. The Balaban J connectivity index is 1.55. The molecule has 0 saturated carbocycles. The van der Waals surface area contributed by atoms with E-state index in [1.165, 1.54) is 7.11 Å². The second kappa shape index (κ2) is 9.27. The van der Waals surface area contributed by atoms with Gasteiger partial charge in [0.1, 0.15) is 11.4 Å². The second-order valence-electron chi connectivity index (χ2n) is 7.86. The topological polar surface area (TPSA) is 96.2 Å². The Morgan fingerprint density at radius 2 is 2.03 bits per heavy atom. The number of rotatable bonds is 7. The summed E-state index contributed by atoms with van der Waals surface area (Å²) in [5.74, 6) is 0.610. The van der Waals surface area contributed by atoms with E-state index in [1.54, 1.807) is 19.1 Å². The summed E-state index contributed by atoms with van der Waals surface area (Å²) in [7, 11) is -1.65. The van der Waals surface area contributed by atoms with Gasteiger partial charge in [-0.3, -0.25) is 0 Å². The third kappa shape index (κ3) is 4.71. The Bertz CT molecular complexity index is 1220. The molecule has 3 heterocycles. The van der Waals surface area contributed by atoms with E-state index in [-0.39, 0.29) is 18.4 Å². The van der Waals surface area contributed by atoms with Gasteiger partial charge < -0.3 is 19.1 Å². The summed E-state index contributed by atoms with van der Waals surface area (Å²) < 4.78 is 33.6. The van der Waals surface area contributed by atoms with Crippen LogP contribution in [0, 0.1) is 0 Å². The van der Waals surface area contributed by atoms with Crippen molar-refractivity contribution in [1.29, 1.82) is 0 Å². The van der Waals surface area contributed by atoms with Crippen molar-refractivity contribution in [1.82, 2.24) is 14.1 Å². The number of aliphatic hydroxyl groups excluding tert-OH is 1. The number of sulfonamides is 1. The lowest BCUT2D eigenvalue weighted by Gasteiger charge is -2.33. The summed E-state index contributed by atoms with van der Waals surface area (Å²) >= 11 is 6.30. The van der Waals surface area contributed by atoms with E-state index in [0.29, 0.717) is 22.0 Å². The highest BCUT2D eigenvalue weighted by Gasteiger charge is 2.23. The summed E-state index contributed by atoms with van der Waals surface area (Å²) in [6, 6.07) is 7.52. The summed E-state index contributed by atoms with van der Waals surface area (Å²) in [6.07, 6.45) is 5.38. The van der Waals surface area contributed by atoms with Gasteiger partial charge in [0.25, 0.3) is 0 Å². The number of aromatic nitrogens is 2. The minimum Gasteiger partial charge on any atom is -0.495 e. The molecule has 0 amide bonds. The molecular weight excluding hydrogens is 452 g/mol. The number of hydrogen-bond acceptors (Lipinski definition) is 6. The van der Waals surface area contributed by atoms with Crippen LogP contribution < -0.4 is 14.4 Å². The van der Waals surface area contributed by atoms with Crippen LogP contribution in [0.1, 0.15) is 25.3 Å². The highest BCUT2D eigenvalue weighted by atomic mass is 35.5. The Hall–Kier alpha value is -2.33. The first-order valence-electron chi connectivity index (χ1n) is 10.5. The second-order valence-corrected chi connectivity index (χ2v) is 10.3. The smallest absolute Gasteiger partial charge is 0.211 e. The molecule has 0 radical (unpaired) electrons. The van der Waals surface area contributed by atoms with E-state index in [0.717, 1.165) is 42.8 Å². The molecule has 2 N–H and O–H groups in total. The molecule has 1 aliphatic rings. The lowest BCUT2D eigenvalue weighted by atomic mass is 10.1. The van der Waals surface area contributed by atoms with E-state index < -0.39 is 10.0 Å². The van der Waals surface area contributed by atoms with E-state index in [4.69, 9.17) is 21.3 Å². The maximum absolute atomic E-state index is 11.8. The molecule has 0 bridgehead atoms. The fourth-order valence-electron chi connectivity index (χ4n) is 4.01. The SMILES string of the molecule is CCS(=O)(=O)NC1CCN(c2ccn3cc(-c4cc(Cl)c(OC)cc4CO)nc3c2)CC1. The average Bonchev–Trinajstić information content (AvgIpc) is 3.22. The first kappa shape index (κ1) is 22.8. The summed E-state index contributed by atoms with van der Waals surface area (Å²) in [6.45, 7) is 3.03. The minimum absolute atomic E-state index is 0.0188. The molecule has 8 nitrogen and oxygen atoms in total. The van der Waals surface area contributed by atoms with Crippen molar-refractivity contribution in [3.8, 4) is 17.0 Å². The molecule has 0 aliphatic carbocycles. The number of nitrogens with zero attached hydrogens (tertiary/aromatic N) is 3. The summed E-state index contributed by atoms with van der Waals surface area (Å²) in [5.41, 5.74) is 3.98. The van der Waals surface area contributed by atoms with Crippen LogP contribution in [0.15, 0.2) is 36.7 Å². The number of halogens is 1. The maximum Gasteiger partial charge on any atom is 0.211 e. The molecule has 0 atom stereocenters. The van der Waals surface area contributed by atoms with Gasteiger partial charge in [-0.2, -0.15) is 0 Å². The number of piperidine rings is 1. The van der Waals surface area contributed by atoms with E-state index >= 15 is 0 Å². The van der Waals surface area contributed by atoms with Crippen LogP contribution in [0.4, 0.5) is 5.69 Å². The molecule has 1 saturated heterocycles. The van der Waals surface area contributed by atoms with Crippen molar-refractivity contribution in [2.45, 2.75) is 32.4 Å². The van der Waals surface area contributed by atoms with Crippen molar-refractivity contribution < 1.29 is 18.3 Å². The van der Waals surface area contributed by atoms with E-state index in [9.17, 15) is 13.5 Å². The zero-order valence-corrected chi connectivity index (χ0v) is 19.7. The van der Waals surface area contributed by atoms with Crippen molar-refractivity contribution >= 4 is 33.0 Å². The van der Waals surface area contributed by atoms with Crippen LogP contribution in [0.5, 0.6) is 5.75 Å². The number of fused-ring (bicyclic) bond motifs is 1. The van der Waals surface area contributed by atoms with Crippen molar-refractivity contribution in [3.05, 3.63) is 47.2 Å². The van der Waals surface area contributed by atoms with Gasteiger partial charge in [-0.1, -0.05) is 11.6 Å². The first-order chi connectivity index (χ1) is 15.3. The van der Waals surface area contributed by atoms with Gasteiger partial charge in [-0.15, -0.1) is 0 Å². The van der Waals surface area contributed by atoms with Crippen LogP contribution in [-0.2, 0) is 16.6 Å². The molecule has 4 rings (SSSR count). The van der Waals surface area contributed by atoms with Crippen molar-refractivity contribution in [3.63, 3.8) is 0 Å².